The van der Waals surface area contributed by atoms with Gasteiger partial charge in [-0.25, -0.2) is 0 Å². The van der Waals surface area contributed by atoms with Crippen LogP contribution in [0.2, 0.25) is 0 Å². The Hall–Kier alpha value is -1.24. The molecule has 0 aliphatic carbocycles. The molecule has 2 aromatic heterocycles. The molecule has 3 heterocycles. The lowest BCUT2D eigenvalue weighted by Gasteiger charge is -2.34. The molecule has 0 saturated carbocycles. The topological polar surface area (TPSA) is 36.4 Å². The Morgan fingerprint density at radius 3 is 2.48 bits per heavy atom. The van der Waals surface area contributed by atoms with E-state index in [2.05, 4.69) is 25.8 Å². The summed E-state index contributed by atoms with van der Waals surface area (Å²) in [6, 6.07) is 7.90. The lowest BCUT2D eigenvalue weighted by atomic mass is 10.2. The first-order valence-corrected chi connectivity index (χ1v) is 8.49. The van der Waals surface area contributed by atoms with Crippen molar-refractivity contribution in [3.8, 4) is 0 Å². The van der Waals surface area contributed by atoms with E-state index in [1.807, 2.05) is 41.6 Å². The van der Waals surface area contributed by atoms with Crippen LogP contribution in [0.3, 0.4) is 0 Å². The lowest BCUT2D eigenvalue weighted by molar-refractivity contribution is 0.0633. The summed E-state index contributed by atoms with van der Waals surface area (Å²) >= 11 is 4.90. The molecule has 1 aliphatic heterocycles. The van der Waals surface area contributed by atoms with Crippen LogP contribution in [0, 0.1) is 0 Å². The molecule has 1 amide bonds. The van der Waals surface area contributed by atoms with Crippen LogP contribution in [0.15, 0.2) is 40.4 Å². The van der Waals surface area contributed by atoms with Gasteiger partial charge < -0.3 is 4.90 Å². The number of halogens is 1. The van der Waals surface area contributed by atoms with Gasteiger partial charge in [0.05, 0.1) is 8.66 Å². The highest BCUT2D eigenvalue weighted by Crippen LogP contribution is 2.23. The third kappa shape index (κ3) is 3.70. The van der Waals surface area contributed by atoms with Gasteiger partial charge in [-0.3, -0.25) is 14.7 Å². The number of amides is 1. The second kappa shape index (κ2) is 6.68. The van der Waals surface area contributed by atoms with Gasteiger partial charge in [-0.15, -0.1) is 11.3 Å². The number of carbonyl (C=O) groups is 1. The Balaban J connectivity index is 1.54. The molecule has 0 N–H and O–H groups in total. The van der Waals surface area contributed by atoms with Crippen LogP contribution in [0.4, 0.5) is 0 Å². The summed E-state index contributed by atoms with van der Waals surface area (Å²) in [5, 5.41) is 0. The van der Waals surface area contributed by atoms with E-state index in [0.29, 0.717) is 0 Å². The summed E-state index contributed by atoms with van der Waals surface area (Å²) < 4.78 is 1.00. The number of nitrogens with zero attached hydrogens (tertiary/aromatic N) is 3. The van der Waals surface area contributed by atoms with E-state index in [9.17, 15) is 4.79 Å². The number of rotatable bonds is 3. The van der Waals surface area contributed by atoms with Gasteiger partial charge in [0.25, 0.3) is 5.91 Å². The molecule has 1 saturated heterocycles. The zero-order valence-electron chi connectivity index (χ0n) is 11.5. The zero-order valence-corrected chi connectivity index (χ0v) is 13.9. The minimum Gasteiger partial charge on any atom is -0.335 e. The van der Waals surface area contributed by atoms with E-state index >= 15 is 0 Å². The second-order valence-electron chi connectivity index (χ2n) is 5.03. The first kappa shape index (κ1) is 14.7. The molecule has 4 nitrogen and oxygen atoms in total. The summed E-state index contributed by atoms with van der Waals surface area (Å²) in [5.74, 6) is 0.147. The van der Waals surface area contributed by atoms with Crippen molar-refractivity contribution in [1.29, 1.82) is 0 Å². The average molecular weight is 366 g/mol. The van der Waals surface area contributed by atoms with E-state index in [0.717, 1.165) is 41.4 Å². The largest absolute Gasteiger partial charge is 0.335 e. The normalized spacial score (nSPS) is 16.1. The molecule has 1 fully saturated rings. The number of piperazine rings is 1. The van der Waals surface area contributed by atoms with Gasteiger partial charge in [-0.1, -0.05) is 0 Å². The highest BCUT2D eigenvalue weighted by Gasteiger charge is 2.23. The molecule has 2 aromatic rings. The molecule has 6 heteroatoms. The first-order valence-electron chi connectivity index (χ1n) is 6.88. The third-order valence-corrected chi connectivity index (χ3v) is 5.21. The number of pyridine rings is 1. The lowest BCUT2D eigenvalue weighted by Crippen LogP contribution is -2.48. The van der Waals surface area contributed by atoms with E-state index < -0.39 is 0 Å². The Morgan fingerprint density at radius 2 is 1.86 bits per heavy atom. The van der Waals surface area contributed by atoms with Crippen LogP contribution >= 0.6 is 27.3 Å². The smallest absolute Gasteiger partial charge is 0.264 e. The number of aromatic nitrogens is 1. The molecule has 110 valence electrons. The summed E-state index contributed by atoms with van der Waals surface area (Å²) in [7, 11) is 0. The summed E-state index contributed by atoms with van der Waals surface area (Å²) in [6.07, 6.45) is 3.65. The number of thiophene rings is 1. The van der Waals surface area contributed by atoms with Crippen molar-refractivity contribution < 1.29 is 4.79 Å². The Morgan fingerprint density at radius 1 is 1.14 bits per heavy atom. The molecule has 21 heavy (non-hydrogen) atoms. The van der Waals surface area contributed by atoms with E-state index in [4.69, 9.17) is 0 Å². The molecule has 1 aliphatic rings. The van der Waals surface area contributed by atoms with Crippen LogP contribution in [0.5, 0.6) is 0 Å². The SMILES string of the molecule is O=C(c1ccc(Br)s1)N1CCN(Cc2ccncc2)CC1. The maximum absolute atomic E-state index is 12.4. The Bertz CT molecular complexity index is 608. The van der Waals surface area contributed by atoms with Crippen molar-refractivity contribution in [3.63, 3.8) is 0 Å². The molecule has 3 rings (SSSR count). The number of hydrogen-bond acceptors (Lipinski definition) is 4. The predicted molar refractivity (Wildman–Crippen MR) is 87.4 cm³/mol. The van der Waals surface area contributed by atoms with Crippen molar-refractivity contribution >= 4 is 33.2 Å². The maximum atomic E-state index is 12.4. The van der Waals surface area contributed by atoms with Crippen LogP contribution in [0.1, 0.15) is 15.2 Å². The fourth-order valence-electron chi connectivity index (χ4n) is 2.44. The molecule has 0 bridgehead atoms. The molecule has 0 spiro atoms. The standard InChI is InChI=1S/C15H16BrN3OS/c16-14-2-1-13(21-14)15(20)19-9-7-18(8-10-19)11-12-3-5-17-6-4-12/h1-6H,7-11H2. The van der Waals surface area contributed by atoms with E-state index in [1.165, 1.54) is 16.9 Å². The van der Waals surface area contributed by atoms with Crippen LogP contribution < -0.4 is 0 Å². The van der Waals surface area contributed by atoms with Gasteiger partial charge >= 0.3 is 0 Å². The molecule has 0 unspecified atom stereocenters. The monoisotopic (exact) mass is 365 g/mol. The van der Waals surface area contributed by atoms with Crippen molar-refractivity contribution in [2.75, 3.05) is 26.2 Å². The fraction of sp³-hybridized carbons (Fsp3) is 0.333. The Kier molecular flexibility index (Phi) is 4.67. The molecular formula is C15H16BrN3OS. The quantitative estimate of drug-likeness (QED) is 0.838. The Labute approximate surface area is 136 Å². The number of carbonyl (C=O) groups excluding carboxylic acids is 1. The van der Waals surface area contributed by atoms with Crippen molar-refractivity contribution in [3.05, 3.63) is 50.9 Å². The van der Waals surface area contributed by atoms with Crippen molar-refractivity contribution in [1.82, 2.24) is 14.8 Å². The average Bonchev–Trinajstić information content (AvgIpc) is 2.95. The summed E-state index contributed by atoms with van der Waals surface area (Å²) in [5.41, 5.74) is 1.27. The van der Waals surface area contributed by atoms with Gasteiger partial charge in [-0.2, -0.15) is 0 Å². The van der Waals surface area contributed by atoms with Crippen LogP contribution in [0.25, 0.3) is 0 Å². The number of hydrogen-bond donors (Lipinski definition) is 0. The molecule has 0 aromatic carbocycles. The molecular weight excluding hydrogens is 350 g/mol. The van der Waals surface area contributed by atoms with Gasteiger partial charge in [0.15, 0.2) is 0 Å². The first-order chi connectivity index (χ1) is 10.2. The predicted octanol–water partition coefficient (Wildman–Crippen LogP) is 2.86. The third-order valence-electron chi connectivity index (χ3n) is 3.60. The fourth-order valence-corrected chi connectivity index (χ4v) is 3.79. The summed E-state index contributed by atoms with van der Waals surface area (Å²) in [6.45, 7) is 4.34. The molecule has 0 atom stereocenters. The van der Waals surface area contributed by atoms with Crippen LogP contribution in [-0.2, 0) is 6.54 Å². The van der Waals surface area contributed by atoms with E-state index in [-0.39, 0.29) is 5.91 Å². The van der Waals surface area contributed by atoms with E-state index in [1.54, 1.807) is 0 Å². The highest BCUT2D eigenvalue weighted by atomic mass is 79.9. The van der Waals surface area contributed by atoms with Crippen molar-refractivity contribution in [2.24, 2.45) is 0 Å². The van der Waals surface area contributed by atoms with Gasteiger partial charge in [-0.05, 0) is 45.8 Å². The van der Waals surface area contributed by atoms with Crippen molar-refractivity contribution in [2.45, 2.75) is 6.54 Å². The van der Waals surface area contributed by atoms with Gasteiger partial charge in [0.1, 0.15) is 0 Å². The minimum atomic E-state index is 0.147. The van der Waals surface area contributed by atoms with Crippen LogP contribution in [-0.4, -0.2) is 46.9 Å². The second-order valence-corrected chi connectivity index (χ2v) is 7.49. The molecule has 0 radical (unpaired) electrons. The van der Waals surface area contributed by atoms with Gasteiger partial charge in [0.2, 0.25) is 0 Å². The summed E-state index contributed by atoms with van der Waals surface area (Å²) in [4.78, 5) is 21.5. The van der Waals surface area contributed by atoms with Gasteiger partial charge in [0, 0.05) is 45.1 Å². The minimum absolute atomic E-state index is 0.147. The maximum Gasteiger partial charge on any atom is 0.264 e. The zero-order chi connectivity index (χ0) is 14.7. The highest BCUT2D eigenvalue weighted by molar-refractivity contribution is 9.11.